The zero-order valence-corrected chi connectivity index (χ0v) is 5.50. The minimum Gasteiger partial charge on any atom is -0.433 e. The molecule has 0 amide bonds. The van der Waals surface area contributed by atoms with Crippen LogP contribution in [0.3, 0.4) is 0 Å². The first kappa shape index (κ1) is 7.71. The van der Waals surface area contributed by atoms with Gasteiger partial charge in [-0.1, -0.05) is 0 Å². The lowest BCUT2D eigenvalue weighted by molar-refractivity contribution is -0.0500. The quantitative estimate of drug-likeness (QED) is 0.708. The van der Waals surface area contributed by atoms with Crippen LogP contribution in [0.25, 0.3) is 0 Å². The second-order valence-corrected chi connectivity index (χ2v) is 1.80. The number of nitrogen functional groups attached to an aromatic ring is 1. The molecule has 1 aromatic heterocycles. The van der Waals surface area contributed by atoms with Crippen LogP contribution >= 0.6 is 0 Å². The van der Waals surface area contributed by atoms with E-state index >= 15 is 0 Å². The molecule has 60 valence electrons. The zero-order valence-electron chi connectivity index (χ0n) is 5.50. The maximum atomic E-state index is 11.5. The summed E-state index contributed by atoms with van der Waals surface area (Å²) in [5.41, 5.74) is 5.20. The number of rotatable bonds is 2. The van der Waals surface area contributed by atoms with Crippen LogP contribution in [0.1, 0.15) is 0 Å². The second-order valence-electron chi connectivity index (χ2n) is 1.80. The predicted molar refractivity (Wildman–Crippen MR) is 35.3 cm³/mol. The maximum absolute atomic E-state index is 11.5. The molecule has 2 N–H and O–H groups in total. The first-order chi connectivity index (χ1) is 5.18. The highest BCUT2D eigenvalue weighted by molar-refractivity contribution is 5.31. The monoisotopic (exact) mass is 160 g/mol. The van der Waals surface area contributed by atoms with E-state index in [1.54, 1.807) is 0 Å². The van der Waals surface area contributed by atoms with Crippen LogP contribution in [0.5, 0.6) is 5.75 Å². The zero-order chi connectivity index (χ0) is 8.27. The molecule has 0 unspecified atom stereocenters. The minimum atomic E-state index is -2.82. The van der Waals surface area contributed by atoms with Crippen molar-refractivity contribution < 1.29 is 13.5 Å². The van der Waals surface area contributed by atoms with E-state index < -0.39 is 6.61 Å². The molecule has 3 nitrogen and oxygen atoms in total. The molecule has 0 atom stereocenters. The van der Waals surface area contributed by atoms with Gasteiger partial charge in [0.1, 0.15) is 11.6 Å². The summed E-state index contributed by atoms with van der Waals surface area (Å²) in [6, 6.07) is 2.71. The molecule has 1 rings (SSSR count). The summed E-state index contributed by atoms with van der Waals surface area (Å²) in [6.45, 7) is -2.82. The lowest BCUT2D eigenvalue weighted by Crippen LogP contribution is -2.02. The van der Waals surface area contributed by atoms with Crippen molar-refractivity contribution in [1.29, 1.82) is 0 Å². The van der Waals surface area contributed by atoms with Gasteiger partial charge in [0, 0.05) is 0 Å². The third-order valence-corrected chi connectivity index (χ3v) is 0.984. The summed E-state index contributed by atoms with van der Waals surface area (Å²) in [4.78, 5) is 3.55. The fraction of sp³-hybridized carbons (Fsp3) is 0.167. The number of hydrogen-bond acceptors (Lipinski definition) is 3. The van der Waals surface area contributed by atoms with Crippen LogP contribution in [-0.4, -0.2) is 11.6 Å². The second kappa shape index (κ2) is 3.14. The molecular formula is C6H6F2N2O. The predicted octanol–water partition coefficient (Wildman–Crippen LogP) is 1.27. The summed E-state index contributed by atoms with van der Waals surface area (Å²) in [5, 5.41) is 0. The molecule has 0 saturated heterocycles. The van der Waals surface area contributed by atoms with Gasteiger partial charge in [-0.2, -0.15) is 8.78 Å². The normalized spacial score (nSPS) is 10.1. The lowest BCUT2D eigenvalue weighted by Gasteiger charge is -2.02. The van der Waals surface area contributed by atoms with Gasteiger partial charge >= 0.3 is 6.61 Å². The molecule has 0 aliphatic rings. The summed E-state index contributed by atoms with van der Waals surface area (Å²) in [5.74, 6) is 0.279. The molecule has 0 aromatic carbocycles. The molecule has 0 radical (unpaired) electrons. The number of pyridine rings is 1. The van der Waals surface area contributed by atoms with Crippen LogP contribution in [0.2, 0.25) is 0 Å². The average Bonchev–Trinajstić information content (AvgIpc) is 1.93. The Balaban J connectivity index is 2.66. The van der Waals surface area contributed by atoms with Crippen LogP contribution < -0.4 is 10.5 Å². The Morgan fingerprint density at radius 1 is 1.45 bits per heavy atom. The summed E-state index contributed by atoms with van der Waals surface area (Å²) in [6.07, 6.45) is 1.14. The van der Waals surface area contributed by atoms with Gasteiger partial charge < -0.3 is 10.5 Å². The molecule has 0 aliphatic carbocycles. The van der Waals surface area contributed by atoms with E-state index in [1.165, 1.54) is 12.1 Å². The Labute approximate surface area is 61.8 Å². The smallest absolute Gasteiger partial charge is 0.387 e. The molecule has 0 saturated carbocycles. The summed E-state index contributed by atoms with van der Waals surface area (Å²) < 4.78 is 27.1. The number of anilines is 1. The lowest BCUT2D eigenvalue weighted by atomic mass is 10.4. The molecule has 11 heavy (non-hydrogen) atoms. The van der Waals surface area contributed by atoms with Crippen LogP contribution in [0.4, 0.5) is 14.6 Å². The Morgan fingerprint density at radius 3 is 2.64 bits per heavy atom. The molecule has 0 aliphatic heterocycles. The van der Waals surface area contributed by atoms with E-state index in [-0.39, 0.29) is 11.6 Å². The SMILES string of the molecule is Nc1ccc(OC(F)F)cn1. The van der Waals surface area contributed by atoms with Gasteiger partial charge in [0.05, 0.1) is 6.20 Å². The minimum absolute atomic E-state index is 0.00852. The van der Waals surface area contributed by atoms with E-state index in [0.29, 0.717) is 0 Å². The summed E-state index contributed by atoms with van der Waals surface area (Å²) >= 11 is 0. The molecule has 0 bridgehead atoms. The van der Waals surface area contributed by atoms with Crippen LogP contribution in [-0.2, 0) is 0 Å². The van der Waals surface area contributed by atoms with E-state index in [0.717, 1.165) is 6.20 Å². The standard InChI is InChI=1S/C6H6F2N2O/c7-6(8)11-4-1-2-5(9)10-3-4/h1-3,6H,(H2,9,10). The van der Waals surface area contributed by atoms with Crippen molar-refractivity contribution in [2.75, 3.05) is 5.73 Å². The topological polar surface area (TPSA) is 48.1 Å². The molecule has 0 spiro atoms. The number of ether oxygens (including phenoxy) is 1. The van der Waals surface area contributed by atoms with Gasteiger partial charge in [-0.05, 0) is 12.1 Å². The Hall–Kier alpha value is -1.39. The first-order valence-corrected chi connectivity index (χ1v) is 2.85. The van der Waals surface area contributed by atoms with E-state index in [9.17, 15) is 8.78 Å². The summed E-state index contributed by atoms with van der Waals surface area (Å²) in [7, 11) is 0. The number of aromatic nitrogens is 1. The highest BCUT2D eigenvalue weighted by Gasteiger charge is 2.02. The Morgan fingerprint density at radius 2 is 2.18 bits per heavy atom. The molecule has 1 heterocycles. The van der Waals surface area contributed by atoms with Crippen LogP contribution in [0, 0.1) is 0 Å². The molecular weight excluding hydrogens is 154 g/mol. The van der Waals surface area contributed by atoms with Crippen molar-refractivity contribution in [2.45, 2.75) is 6.61 Å². The third kappa shape index (κ3) is 2.37. The number of halogens is 2. The van der Waals surface area contributed by atoms with Gasteiger partial charge in [-0.3, -0.25) is 0 Å². The van der Waals surface area contributed by atoms with Crippen molar-refractivity contribution in [3.8, 4) is 5.75 Å². The van der Waals surface area contributed by atoms with Gasteiger partial charge in [0.25, 0.3) is 0 Å². The van der Waals surface area contributed by atoms with Gasteiger partial charge in [0.15, 0.2) is 0 Å². The highest BCUT2D eigenvalue weighted by atomic mass is 19.3. The van der Waals surface area contributed by atoms with Gasteiger partial charge in [0.2, 0.25) is 0 Å². The van der Waals surface area contributed by atoms with E-state index in [2.05, 4.69) is 9.72 Å². The fourth-order valence-electron chi connectivity index (χ4n) is 0.564. The Bertz CT molecular complexity index is 225. The average molecular weight is 160 g/mol. The van der Waals surface area contributed by atoms with Crippen molar-refractivity contribution in [3.05, 3.63) is 18.3 Å². The van der Waals surface area contributed by atoms with Crippen LogP contribution in [0.15, 0.2) is 18.3 Å². The molecule has 5 heteroatoms. The van der Waals surface area contributed by atoms with E-state index in [1.807, 2.05) is 0 Å². The molecule has 1 aromatic rings. The largest absolute Gasteiger partial charge is 0.433 e. The first-order valence-electron chi connectivity index (χ1n) is 2.85. The Kier molecular flexibility index (Phi) is 2.20. The number of alkyl halides is 2. The number of hydrogen-bond donors (Lipinski definition) is 1. The van der Waals surface area contributed by atoms with E-state index in [4.69, 9.17) is 5.73 Å². The van der Waals surface area contributed by atoms with Crippen molar-refractivity contribution >= 4 is 5.82 Å². The van der Waals surface area contributed by atoms with Crippen molar-refractivity contribution in [2.24, 2.45) is 0 Å². The third-order valence-electron chi connectivity index (χ3n) is 0.984. The molecule has 0 fully saturated rings. The van der Waals surface area contributed by atoms with Gasteiger partial charge in [-0.25, -0.2) is 4.98 Å². The van der Waals surface area contributed by atoms with Crippen molar-refractivity contribution in [3.63, 3.8) is 0 Å². The van der Waals surface area contributed by atoms with Gasteiger partial charge in [-0.15, -0.1) is 0 Å². The highest BCUT2D eigenvalue weighted by Crippen LogP contribution is 2.12. The fourth-order valence-corrected chi connectivity index (χ4v) is 0.564. The van der Waals surface area contributed by atoms with Crippen molar-refractivity contribution in [1.82, 2.24) is 4.98 Å². The maximum Gasteiger partial charge on any atom is 0.387 e. The number of nitrogens with zero attached hydrogens (tertiary/aromatic N) is 1. The number of nitrogens with two attached hydrogens (primary N) is 1.